The van der Waals surface area contributed by atoms with Gasteiger partial charge < -0.3 is 15.2 Å². The number of anilines is 1. The smallest absolute Gasteiger partial charge is 0.336 e. The number of nitrogens with zero attached hydrogens (tertiary/aromatic N) is 3. The molecule has 0 radical (unpaired) electrons. The number of aromatic nitrogens is 3. The fraction of sp³-hybridized carbons (Fsp3) is 0.130. The Morgan fingerprint density at radius 1 is 1.00 bits per heavy atom. The molecule has 0 amide bonds. The van der Waals surface area contributed by atoms with Gasteiger partial charge in [0.15, 0.2) is 5.82 Å². The van der Waals surface area contributed by atoms with Gasteiger partial charge in [-0.05, 0) is 60.2 Å². The van der Waals surface area contributed by atoms with E-state index < -0.39 is 0 Å². The van der Waals surface area contributed by atoms with Gasteiger partial charge in [0.1, 0.15) is 11.6 Å². The Morgan fingerprint density at radius 2 is 1.77 bits per heavy atom. The van der Waals surface area contributed by atoms with Crippen molar-refractivity contribution in [3.8, 4) is 28.8 Å². The van der Waals surface area contributed by atoms with Crippen LogP contribution in [0.3, 0.4) is 0 Å². The molecular weight excluding hydrogens is 383 g/mol. The highest BCUT2D eigenvalue weighted by Crippen LogP contribution is 2.25. The molecule has 0 aliphatic rings. The minimum atomic E-state index is -0.315. The Bertz CT molecular complexity index is 1120. The van der Waals surface area contributed by atoms with Gasteiger partial charge in [-0.1, -0.05) is 18.2 Å². The number of benzene rings is 3. The second-order valence-corrected chi connectivity index (χ2v) is 6.68. The highest BCUT2D eigenvalue weighted by Gasteiger charge is 2.15. The van der Waals surface area contributed by atoms with Crippen LogP contribution >= 0.6 is 0 Å². The van der Waals surface area contributed by atoms with Gasteiger partial charge in [0.2, 0.25) is 0 Å². The second-order valence-electron chi connectivity index (χ2n) is 6.68. The minimum Gasteiger partial charge on any atom is -0.497 e. The van der Waals surface area contributed by atoms with E-state index in [4.69, 9.17) is 15.2 Å². The van der Waals surface area contributed by atoms with Crippen LogP contribution in [0.15, 0.2) is 72.8 Å². The van der Waals surface area contributed by atoms with Crippen LogP contribution in [-0.2, 0) is 6.42 Å². The highest BCUT2D eigenvalue weighted by molar-refractivity contribution is 5.59. The maximum Gasteiger partial charge on any atom is 0.336 e. The molecule has 0 saturated heterocycles. The lowest BCUT2D eigenvalue weighted by Gasteiger charge is -2.06. The highest BCUT2D eigenvalue weighted by atomic mass is 19.1. The number of hydrogen-bond acceptors (Lipinski definition) is 5. The van der Waals surface area contributed by atoms with Crippen molar-refractivity contribution in [3.05, 3.63) is 84.2 Å². The molecule has 4 rings (SSSR count). The lowest BCUT2D eigenvalue weighted by molar-refractivity contribution is 0.296. The van der Waals surface area contributed by atoms with Gasteiger partial charge in [-0.25, -0.2) is 9.07 Å². The van der Waals surface area contributed by atoms with Crippen LogP contribution < -0.4 is 15.2 Å². The molecule has 0 spiro atoms. The third-order valence-corrected chi connectivity index (χ3v) is 4.59. The summed E-state index contributed by atoms with van der Waals surface area (Å²) in [5.74, 6) is 1.04. The summed E-state index contributed by atoms with van der Waals surface area (Å²) in [5.41, 5.74) is 9.11. The Hall–Kier alpha value is -3.87. The first-order valence-electron chi connectivity index (χ1n) is 9.47. The molecule has 4 aromatic rings. The summed E-state index contributed by atoms with van der Waals surface area (Å²) < 4.78 is 26.0. The number of methoxy groups -OCH3 is 1. The maximum absolute atomic E-state index is 13.4. The molecule has 1 heterocycles. The average Bonchev–Trinajstić information content (AvgIpc) is 3.19. The van der Waals surface area contributed by atoms with Crippen LogP contribution in [0, 0.1) is 5.82 Å². The monoisotopic (exact) mass is 404 g/mol. The molecule has 0 aliphatic heterocycles. The van der Waals surface area contributed by atoms with Crippen molar-refractivity contribution in [2.75, 3.05) is 19.5 Å². The van der Waals surface area contributed by atoms with Crippen molar-refractivity contribution >= 4 is 5.69 Å². The lowest BCUT2D eigenvalue weighted by Crippen LogP contribution is -2.03. The maximum atomic E-state index is 13.4. The minimum absolute atomic E-state index is 0.241. The SMILES string of the molecule is COc1ccc(CCOc2nc(-c3ccc(F)cc3)n(-c3cccc(N)c3)n2)cc1. The first kappa shape index (κ1) is 19.4. The van der Waals surface area contributed by atoms with Crippen LogP contribution in [0.4, 0.5) is 10.1 Å². The molecule has 0 unspecified atom stereocenters. The van der Waals surface area contributed by atoms with Crippen LogP contribution in [0.5, 0.6) is 11.8 Å². The Labute approximate surface area is 173 Å². The van der Waals surface area contributed by atoms with Gasteiger partial charge in [0.25, 0.3) is 0 Å². The Balaban J connectivity index is 1.57. The molecule has 2 N–H and O–H groups in total. The molecular formula is C23H21FN4O2. The average molecular weight is 404 g/mol. The van der Waals surface area contributed by atoms with E-state index in [1.54, 1.807) is 36.1 Å². The van der Waals surface area contributed by atoms with Gasteiger partial charge in [0, 0.05) is 17.7 Å². The number of ether oxygens (including phenoxy) is 2. The topological polar surface area (TPSA) is 75.2 Å². The van der Waals surface area contributed by atoms with E-state index in [9.17, 15) is 4.39 Å². The predicted octanol–water partition coefficient (Wildman–Crippen LogP) is 4.29. The molecule has 30 heavy (non-hydrogen) atoms. The third-order valence-electron chi connectivity index (χ3n) is 4.59. The van der Waals surface area contributed by atoms with Crippen LogP contribution in [0.2, 0.25) is 0 Å². The molecule has 6 nitrogen and oxygen atoms in total. The summed E-state index contributed by atoms with van der Waals surface area (Å²) in [6.07, 6.45) is 0.697. The number of nitrogens with two attached hydrogens (primary N) is 1. The first-order valence-corrected chi connectivity index (χ1v) is 9.47. The molecule has 152 valence electrons. The number of hydrogen-bond donors (Lipinski definition) is 1. The molecule has 0 saturated carbocycles. The zero-order valence-electron chi connectivity index (χ0n) is 16.5. The van der Waals surface area contributed by atoms with Gasteiger partial charge in [-0.2, -0.15) is 4.98 Å². The largest absolute Gasteiger partial charge is 0.497 e. The van der Waals surface area contributed by atoms with Crippen molar-refractivity contribution < 1.29 is 13.9 Å². The Morgan fingerprint density at radius 3 is 2.47 bits per heavy atom. The predicted molar refractivity (Wildman–Crippen MR) is 113 cm³/mol. The van der Waals surface area contributed by atoms with Gasteiger partial charge in [-0.15, -0.1) is 5.10 Å². The quantitative estimate of drug-likeness (QED) is 0.465. The van der Waals surface area contributed by atoms with Gasteiger partial charge >= 0.3 is 6.01 Å². The van der Waals surface area contributed by atoms with E-state index in [1.807, 2.05) is 36.4 Å². The zero-order valence-corrected chi connectivity index (χ0v) is 16.5. The van der Waals surface area contributed by atoms with Crippen molar-refractivity contribution in [1.82, 2.24) is 14.8 Å². The third kappa shape index (κ3) is 4.41. The zero-order chi connectivity index (χ0) is 20.9. The molecule has 3 aromatic carbocycles. The number of nitrogen functional groups attached to an aromatic ring is 1. The van der Waals surface area contributed by atoms with E-state index in [-0.39, 0.29) is 11.8 Å². The van der Waals surface area contributed by atoms with Gasteiger partial charge in [0.05, 0.1) is 19.4 Å². The number of halogens is 1. The summed E-state index contributed by atoms with van der Waals surface area (Å²) in [6.45, 7) is 0.413. The summed E-state index contributed by atoms with van der Waals surface area (Å²) in [6, 6.07) is 21.4. The van der Waals surface area contributed by atoms with Crippen molar-refractivity contribution in [2.24, 2.45) is 0 Å². The van der Waals surface area contributed by atoms with E-state index >= 15 is 0 Å². The summed E-state index contributed by atoms with van der Waals surface area (Å²) in [5, 5.41) is 4.49. The fourth-order valence-electron chi connectivity index (χ4n) is 3.03. The number of rotatable bonds is 7. The van der Waals surface area contributed by atoms with Crippen molar-refractivity contribution in [2.45, 2.75) is 6.42 Å². The normalized spacial score (nSPS) is 10.7. The van der Waals surface area contributed by atoms with Crippen molar-refractivity contribution in [1.29, 1.82) is 0 Å². The molecule has 7 heteroatoms. The van der Waals surface area contributed by atoms with E-state index in [1.165, 1.54) is 12.1 Å². The standard InChI is InChI=1S/C23H21FN4O2/c1-29-21-11-5-16(6-12-21)13-14-30-23-26-22(17-7-9-18(24)10-8-17)28(27-23)20-4-2-3-19(25)15-20/h2-12,15H,13-14,25H2,1H3. The van der Waals surface area contributed by atoms with Gasteiger partial charge in [-0.3, -0.25) is 0 Å². The molecule has 0 aliphatic carbocycles. The first-order chi connectivity index (χ1) is 14.6. The van der Waals surface area contributed by atoms with E-state index in [2.05, 4.69) is 10.1 Å². The molecule has 1 aromatic heterocycles. The van der Waals surface area contributed by atoms with Crippen LogP contribution in [0.25, 0.3) is 17.1 Å². The summed E-state index contributed by atoms with van der Waals surface area (Å²) >= 11 is 0. The van der Waals surface area contributed by atoms with Crippen LogP contribution in [-0.4, -0.2) is 28.5 Å². The van der Waals surface area contributed by atoms with Crippen LogP contribution in [0.1, 0.15) is 5.56 Å². The molecule has 0 bridgehead atoms. The lowest BCUT2D eigenvalue weighted by atomic mass is 10.1. The van der Waals surface area contributed by atoms with E-state index in [0.29, 0.717) is 24.5 Å². The van der Waals surface area contributed by atoms with E-state index in [0.717, 1.165) is 22.6 Å². The second kappa shape index (κ2) is 8.65. The molecule has 0 atom stereocenters. The molecule has 0 fully saturated rings. The fourth-order valence-corrected chi connectivity index (χ4v) is 3.03. The summed E-state index contributed by atoms with van der Waals surface area (Å²) in [7, 11) is 1.64. The summed E-state index contributed by atoms with van der Waals surface area (Å²) in [4.78, 5) is 4.52. The van der Waals surface area contributed by atoms with Crippen molar-refractivity contribution in [3.63, 3.8) is 0 Å². The Kier molecular flexibility index (Phi) is 5.61.